The van der Waals surface area contributed by atoms with E-state index in [0.717, 1.165) is 29.8 Å². The average molecular weight is 337 g/mol. The quantitative estimate of drug-likeness (QED) is 0.876. The summed E-state index contributed by atoms with van der Waals surface area (Å²) in [5, 5.41) is 2.87. The Bertz CT molecular complexity index is 759. The fourth-order valence-corrected chi connectivity index (χ4v) is 3.21. The highest BCUT2D eigenvalue weighted by molar-refractivity contribution is 6.40. The molecule has 1 aliphatic rings. The van der Waals surface area contributed by atoms with Gasteiger partial charge in [0.05, 0.1) is 11.7 Å². The van der Waals surface area contributed by atoms with Gasteiger partial charge in [0.15, 0.2) is 0 Å². The van der Waals surface area contributed by atoms with Gasteiger partial charge >= 0.3 is 11.8 Å². The van der Waals surface area contributed by atoms with Crippen LogP contribution >= 0.6 is 0 Å². The van der Waals surface area contributed by atoms with E-state index in [1.54, 1.807) is 11.1 Å². The third-order valence-electron chi connectivity index (χ3n) is 4.51. The summed E-state index contributed by atoms with van der Waals surface area (Å²) in [4.78, 5) is 31.3. The van der Waals surface area contributed by atoms with Crippen molar-refractivity contribution >= 4 is 17.5 Å². The van der Waals surface area contributed by atoms with Crippen molar-refractivity contribution in [3.8, 4) is 0 Å². The number of nitrogens with zero attached hydrogens (tertiary/aromatic N) is 2. The lowest BCUT2D eigenvalue weighted by molar-refractivity contribution is -0.138. The third-order valence-corrected chi connectivity index (χ3v) is 4.51. The van der Waals surface area contributed by atoms with E-state index in [1.807, 2.05) is 56.3 Å². The maximum absolute atomic E-state index is 12.7. The molecule has 2 amide bonds. The number of nitrogens with one attached hydrogen (secondary N) is 1. The van der Waals surface area contributed by atoms with E-state index in [2.05, 4.69) is 10.3 Å². The van der Waals surface area contributed by atoms with Gasteiger partial charge in [0, 0.05) is 18.4 Å². The van der Waals surface area contributed by atoms with Crippen molar-refractivity contribution in [1.29, 1.82) is 0 Å². The van der Waals surface area contributed by atoms with Crippen molar-refractivity contribution in [3.63, 3.8) is 0 Å². The number of pyridine rings is 1. The summed E-state index contributed by atoms with van der Waals surface area (Å²) in [6.07, 6.45) is 3.49. The lowest BCUT2D eigenvalue weighted by atomic mass is 9.99. The molecule has 3 rings (SSSR count). The lowest BCUT2D eigenvalue weighted by Crippen LogP contribution is -2.47. The Kier molecular flexibility index (Phi) is 5.12. The van der Waals surface area contributed by atoms with E-state index < -0.39 is 11.8 Å². The van der Waals surface area contributed by atoms with Crippen LogP contribution in [-0.2, 0) is 16.0 Å². The lowest BCUT2D eigenvalue weighted by Gasteiger charge is -2.30. The number of carbonyl (C=O) groups excluding carboxylic acids is 2. The van der Waals surface area contributed by atoms with Crippen molar-refractivity contribution in [2.75, 3.05) is 11.4 Å². The number of fused-ring (bicyclic) bond motifs is 1. The smallest absolute Gasteiger partial charge is 0.316 e. The predicted molar refractivity (Wildman–Crippen MR) is 97.1 cm³/mol. The van der Waals surface area contributed by atoms with E-state index in [0.29, 0.717) is 6.54 Å². The number of carbonyl (C=O) groups is 2. The molecule has 0 radical (unpaired) electrons. The van der Waals surface area contributed by atoms with E-state index >= 15 is 0 Å². The molecule has 1 aliphatic heterocycles. The number of hydrogen-bond donors (Lipinski definition) is 1. The fourth-order valence-electron chi connectivity index (χ4n) is 3.21. The highest BCUT2D eigenvalue weighted by Crippen LogP contribution is 2.27. The molecule has 1 N–H and O–H groups in total. The van der Waals surface area contributed by atoms with Gasteiger partial charge in [-0.05, 0) is 42.5 Å². The summed E-state index contributed by atoms with van der Waals surface area (Å²) in [6, 6.07) is 13.1. The molecule has 5 nitrogen and oxygen atoms in total. The fraction of sp³-hybridized carbons (Fsp3) is 0.350. The van der Waals surface area contributed by atoms with Crippen molar-refractivity contribution < 1.29 is 9.59 Å². The van der Waals surface area contributed by atoms with Crippen molar-refractivity contribution in [1.82, 2.24) is 10.3 Å². The number of benzene rings is 1. The summed E-state index contributed by atoms with van der Waals surface area (Å²) >= 11 is 0. The molecule has 0 unspecified atom stereocenters. The van der Waals surface area contributed by atoms with Crippen LogP contribution in [0.3, 0.4) is 0 Å². The van der Waals surface area contributed by atoms with Crippen LogP contribution in [0.15, 0.2) is 48.7 Å². The molecule has 2 aromatic rings. The molecule has 5 heteroatoms. The Morgan fingerprint density at radius 1 is 1.12 bits per heavy atom. The molecule has 0 fully saturated rings. The van der Waals surface area contributed by atoms with Gasteiger partial charge in [-0.2, -0.15) is 0 Å². The maximum atomic E-state index is 12.7. The molecule has 2 heterocycles. The Balaban J connectivity index is 1.78. The zero-order chi connectivity index (χ0) is 17.8. The van der Waals surface area contributed by atoms with Gasteiger partial charge in [-0.25, -0.2) is 0 Å². The first-order chi connectivity index (χ1) is 12.1. The Morgan fingerprint density at radius 2 is 1.88 bits per heavy atom. The van der Waals surface area contributed by atoms with Crippen LogP contribution in [0.25, 0.3) is 0 Å². The Morgan fingerprint density at radius 3 is 2.60 bits per heavy atom. The summed E-state index contributed by atoms with van der Waals surface area (Å²) in [5.74, 6) is -0.963. The second-order valence-corrected chi connectivity index (χ2v) is 6.64. The first-order valence-corrected chi connectivity index (χ1v) is 8.69. The summed E-state index contributed by atoms with van der Waals surface area (Å²) < 4.78 is 0. The van der Waals surface area contributed by atoms with Crippen LogP contribution in [0.5, 0.6) is 0 Å². The maximum Gasteiger partial charge on any atom is 0.316 e. The summed E-state index contributed by atoms with van der Waals surface area (Å²) in [7, 11) is 0. The average Bonchev–Trinajstić information content (AvgIpc) is 2.65. The van der Waals surface area contributed by atoms with Gasteiger partial charge in [0.2, 0.25) is 0 Å². The van der Waals surface area contributed by atoms with E-state index in [1.165, 1.54) is 0 Å². The first-order valence-electron chi connectivity index (χ1n) is 8.69. The minimum atomic E-state index is -0.582. The molecular weight excluding hydrogens is 314 g/mol. The van der Waals surface area contributed by atoms with Gasteiger partial charge in [-0.3, -0.25) is 14.6 Å². The van der Waals surface area contributed by atoms with E-state index in [9.17, 15) is 9.59 Å². The van der Waals surface area contributed by atoms with Gasteiger partial charge in [-0.15, -0.1) is 0 Å². The minimum absolute atomic E-state index is 0.125. The molecule has 0 bridgehead atoms. The highest BCUT2D eigenvalue weighted by Gasteiger charge is 2.30. The van der Waals surface area contributed by atoms with Gasteiger partial charge in [0.25, 0.3) is 0 Å². The number of amides is 2. The molecule has 0 saturated heterocycles. The Labute approximate surface area is 148 Å². The standard InChI is InChI=1S/C20H23N3O2/c1-14(2)18(16-10-5-6-12-21-16)22-19(24)20(25)23-13-7-9-15-8-3-4-11-17(15)23/h3-6,8,10-12,14,18H,7,9,13H2,1-2H3,(H,22,24)/t18-/m1/s1. The summed E-state index contributed by atoms with van der Waals surface area (Å²) in [6.45, 7) is 4.57. The van der Waals surface area contributed by atoms with E-state index in [-0.39, 0.29) is 12.0 Å². The number of anilines is 1. The normalized spacial score (nSPS) is 14.8. The molecule has 0 spiro atoms. The van der Waals surface area contributed by atoms with Gasteiger partial charge in [-0.1, -0.05) is 38.1 Å². The SMILES string of the molecule is CC(C)[C@@H](NC(=O)C(=O)N1CCCc2ccccc21)c1ccccn1. The van der Waals surface area contributed by atoms with Crippen LogP contribution in [0.1, 0.15) is 37.6 Å². The molecule has 1 aromatic carbocycles. The summed E-state index contributed by atoms with van der Waals surface area (Å²) in [5.41, 5.74) is 2.71. The number of aryl methyl sites for hydroxylation is 1. The highest BCUT2D eigenvalue weighted by atomic mass is 16.2. The van der Waals surface area contributed by atoms with Gasteiger partial charge in [0.1, 0.15) is 0 Å². The number of para-hydroxylation sites is 1. The minimum Gasteiger partial charge on any atom is -0.339 e. The Hall–Kier alpha value is -2.69. The van der Waals surface area contributed by atoms with Crippen LogP contribution in [-0.4, -0.2) is 23.3 Å². The third kappa shape index (κ3) is 3.71. The van der Waals surface area contributed by atoms with Crippen LogP contribution in [0, 0.1) is 5.92 Å². The first kappa shape index (κ1) is 17.1. The molecular formula is C20H23N3O2. The van der Waals surface area contributed by atoms with Crippen LogP contribution in [0.4, 0.5) is 5.69 Å². The van der Waals surface area contributed by atoms with Crippen LogP contribution in [0.2, 0.25) is 0 Å². The second-order valence-electron chi connectivity index (χ2n) is 6.64. The van der Waals surface area contributed by atoms with Crippen molar-refractivity contribution in [2.24, 2.45) is 5.92 Å². The van der Waals surface area contributed by atoms with Crippen molar-refractivity contribution in [2.45, 2.75) is 32.7 Å². The molecule has 130 valence electrons. The number of rotatable bonds is 3. The molecule has 25 heavy (non-hydrogen) atoms. The topological polar surface area (TPSA) is 62.3 Å². The monoisotopic (exact) mass is 337 g/mol. The zero-order valence-electron chi connectivity index (χ0n) is 14.6. The molecule has 1 atom stereocenters. The molecule has 1 aromatic heterocycles. The predicted octanol–water partition coefficient (Wildman–Crippen LogP) is 2.87. The number of aromatic nitrogens is 1. The largest absolute Gasteiger partial charge is 0.339 e. The van der Waals surface area contributed by atoms with Crippen LogP contribution < -0.4 is 10.2 Å². The molecule has 0 saturated carbocycles. The second kappa shape index (κ2) is 7.47. The van der Waals surface area contributed by atoms with Crippen molar-refractivity contribution in [3.05, 3.63) is 59.9 Å². The number of hydrogen-bond acceptors (Lipinski definition) is 3. The van der Waals surface area contributed by atoms with E-state index in [4.69, 9.17) is 0 Å². The van der Waals surface area contributed by atoms with Gasteiger partial charge < -0.3 is 10.2 Å². The molecule has 0 aliphatic carbocycles. The zero-order valence-corrected chi connectivity index (χ0v) is 14.6.